The van der Waals surface area contributed by atoms with E-state index in [2.05, 4.69) is 5.32 Å². The van der Waals surface area contributed by atoms with Gasteiger partial charge in [-0.25, -0.2) is 4.79 Å². The number of aliphatic hydroxyl groups excluding tert-OH is 1. The molecule has 2 aromatic carbocycles. The number of carbonyl (C=O) groups excluding carboxylic acids is 2. The Hall–Kier alpha value is -3.39. The maximum Gasteiger partial charge on any atom is 0.408 e. The highest BCUT2D eigenvalue weighted by molar-refractivity contribution is 5.91. The molecule has 0 spiro atoms. The highest BCUT2D eigenvalue weighted by Gasteiger charge is 2.39. The Bertz CT molecular complexity index is 885. The van der Waals surface area contributed by atoms with Crippen LogP contribution >= 0.6 is 0 Å². The van der Waals surface area contributed by atoms with E-state index >= 15 is 0 Å². The van der Waals surface area contributed by atoms with E-state index in [4.69, 9.17) is 5.73 Å². The number of primary amides is 1. The summed E-state index contributed by atoms with van der Waals surface area (Å²) >= 11 is 0. The van der Waals surface area contributed by atoms with Gasteiger partial charge in [-0.3, -0.25) is 14.5 Å². The van der Waals surface area contributed by atoms with Crippen molar-refractivity contribution in [2.75, 3.05) is 6.54 Å². The summed E-state index contributed by atoms with van der Waals surface area (Å²) in [5.74, 6) is -1.36. The first-order valence-electron chi connectivity index (χ1n) is 9.27. The normalized spacial score (nSPS) is 19.6. The third-order valence-corrected chi connectivity index (χ3v) is 4.99. The molecule has 0 aromatic heterocycles. The van der Waals surface area contributed by atoms with Crippen LogP contribution in [0.3, 0.4) is 0 Å². The standard InChI is InChI=1S/C21H23N3O5/c22-19(26)17(23-20(27)18-11-16(25)12-24(18)21(28)29)10-13-6-8-15(9-7-13)14-4-2-1-3-5-14/h1-9,16-18,25H,10-12H2,(H2,22,26)(H,23,27)(H,28,29)/t16-,17-,18+/m1/s1. The van der Waals surface area contributed by atoms with E-state index in [1.54, 1.807) is 0 Å². The number of aliphatic hydroxyl groups is 1. The number of nitrogens with zero attached hydrogens (tertiary/aromatic N) is 1. The zero-order valence-corrected chi connectivity index (χ0v) is 15.7. The Labute approximate surface area is 167 Å². The minimum atomic E-state index is -1.30. The van der Waals surface area contributed by atoms with Crippen LogP contribution in [0.1, 0.15) is 12.0 Å². The lowest BCUT2D eigenvalue weighted by Crippen LogP contribution is -2.52. The van der Waals surface area contributed by atoms with Crippen molar-refractivity contribution in [3.05, 3.63) is 60.2 Å². The summed E-state index contributed by atoms with van der Waals surface area (Å²) in [6, 6.07) is 15.3. The second-order valence-electron chi connectivity index (χ2n) is 7.07. The van der Waals surface area contributed by atoms with Crippen LogP contribution in [0.15, 0.2) is 54.6 Å². The average Bonchev–Trinajstić information content (AvgIpc) is 3.11. The van der Waals surface area contributed by atoms with Gasteiger partial charge in [0.25, 0.3) is 0 Å². The number of nitrogens with one attached hydrogen (secondary N) is 1. The minimum Gasteiger partial charge on any atom is -0.465 e. The molecule has 8 nitrogen and oxygen atoms in total. The van der Waals surface area contributed by atoms with Gasteiger partial charge in [-0.05, 0) is 16.7 Å². The maximum absolute atomic E-state index is 12.5. The largest absolute Gasteiger partial charge is 0.465 e. The molecular formula is C21H23N3O5. The molecule has 29 heavy (non-hydrogen) atoms. The van der Waals surface area contributed by atoms with Gasteiger partial charge in [-0.1, -0.05) is 54.6 Å². The summed E-state index contributed by atoms with van der Waals surface area (Å²) in [5, 5.41) is 21.4. The summed E-state index contributed by atoms with van der Waals surface area (Å²) in [6.07, 6.45) is -2.05. The summed E-state index contributed by atoms with van der Waals surface area (Å²) in [7, 11) is 0. The molecule has 0 aliphatic carbocycles. The molecule has 152 valence electrons. The number of β-amino-alcohol motifs (C(OH)–C–C–N with tert-alkyl or cyclic N) is 1. The molecule has 0 radical (unpaired) electrons. The maximum atomic E-state index is 12.5. The van der Waals surface area contributed by atoms with Crippen LogP contribution in [-0.2, 0) is 16.0 Å². The van der Waals surface area contributed by atoms with Crippen molar-refractivity contribution >= 4 is 17.9 Å². The molecule has 8 heteroatoms. The second-order valence-corrected chi connectivity index (χ2v) is 7.07. The van der Waals surface area contributed by atoms with Crippen molar-refractivity contribution in [3.8, 4) is 11.1 Å². The molecule has 3 amide bonds. The van der Waals surface area contributed by atoms with E-state index in [1.165, 1.54) is 0 Å². The van der Waals surface area contributed by atoms with E-state index < -0.39 is 36.1 Å². The van der Waals surface area contributed by atoms with Gasteiger partial charge in [0.2, 0.25) is 11.8 Å². The highest BCUT2D eigenvalue weighted by Crippen LogP contribution is 2.21. The lowest BCUT2D eigenvalue weighted by atomic mass is 10.00. The number of hydrogen-bond donors (Lipinski definition) is 4. The van der Waals surface area contributed by atoms with Crippen LogP contribution in [-0.4, -0.2) is 57.8 Å². The molecule has 1 fully saturated rings. The third-order valence-electron chi connectivity index (χ3n) is 4.99. The number of hydrogen-bond acceptors (Lipinski definition) is 4. The predicted octanol–water partition coefficient (Wildman–Crippen LogP) is 0.979. The lowest BCUT2D eigenvalue weighted by molar-refractivity contribution is -0.129. The van der Waals surface area contributed by atoms with E-state index in [0.717, 1.165) is 21.6 Å². The first-order chi connectivity index (χ1) is 13.8. The van der Waals surface area contributed by atoms with E-state index in [0.29, 0.717) is 0 Å². The van der Waals surface area contributed by atoms with Gasteiger partial charge in [0.15, 0.2) is 0 Å². The van der Waals surface area contributed by atoms with Crippen LogP contribution < -0.4 is 11.1 Å². The minimum absolute atomic E-state index is 0.0185. The average molecular weight is 397 g/mol. The predicted molar refractivity (Wildman–Crippen MR) is 106 cm³/mol. The van der Waals surface area contributed by atoms with Gasteiger partial charge >= 0.3 is 6.09 Å². The lowest BCUT2D eigenvalue weighted by Gasteiger charge is -2.23. The molecule has 1 aliphatic heterocycles. The smallest absolute Gasteiger partial charge is 0.408 e. The Balaban J connectivity index is 1.68. The molecule has 1 heterocycles. The Morgan fingerprint density at radius 3 is 2.28 bits per heavy atom. The van der Waals surface area contributed by atoms with Crippen molar-refractivity contribution in [2.45, 2.75) is 31.0 Å². The van der Waals surface area contributed by atoms with Crippen molar-refractivity contribution in [3.63, 3.8) is 0 Å². The first-order valence-corrected chi connectivity index (χ1v) is 9.27. The van der Waals surface area contributed by atoms with E-state index in [-0.39, 0.29) is 19.4 Å². The highest BCUT2D eigenvalue weighted by atomic mass is 16.4. The number of amides is 3. The molecule has 5 N–H and O–H groups in total. The first kappa shape index (κ1) is 20.3. The molecule has 0 saturated carbocycles. The zero-order valence-electron chi connectivity index (χ0n) is 15.7. The monoisotopic (exact) mass is 397 g/mol. The fourth-order valence-electron chi connectivity index (χ4n) is 3.46. The number of likely N-dealkylation sites (tertiary alicyclic amines) is 1. The number of rotatable bonds is 6. The summed E-state index contributed by atoms with van der Waals surface area (Å²) in [6.45, 7) is -0.143. The molecule has 3 atom stereocenters. The van der Waals surface area contributed by atoms with E-state index in [9.17, 15) is 24.6 Å². The SMILES string of the molecule is NC(=O)[C@@H](Cc1ccc(-c2ccccc2)cc1)NC(=O)[C@@H]1C[C@@H](O)CN1C(=O)O. The zero-order chi connectivity index (χ0) is 21.0. The fraction of sp³-hybridized carbons (Fsp3) is 0.286. The van der Waals surface area contributed by atoms with Crippen LogP contribution in [0.5, 0.6) is 0 Å². The number of benzene rings is 2. The number of nitrogens with two attached hydrogens (primary N) is 1. The van der Waals surface area contributed by atoms with E-state index in [1.807, 2.05) is 54.6 Å². The Morgan fingerprint density at radius 1 is 1.07 bits per heavy atom. The topological polar surface area (TPSA) is 133 Å². The van der Waals surface area contributed by atoms with Crippen LogP contribution in [0.25, 0.3) is 11.1 Å². The molecule has 0 unspecified atom stereocenters. The quantitative estimate of drug-likeness (QED) is 0.577. The molecule has 1 aliphatic rings. The van der Waals surface area contributed by atoms with Gasteiger partial charge in [0, 0.05) is 12.8 Å². The summed E-state index contributed by atoms with van der Waals surface area (Å²) in [5.41, 5.74) is 8.32. The van der Waals surface area contributed by atoms with Gasteiger partial charge in [-0.2, -0.15) is 0 Å². The number of carbonyl (C=O) groups is 3. The molecule has 3 rings (SSSR count). The van der Waals surface area contributed by atoms with Crippen molar-refractivity contribution in [1.29, 1.82) is 0 Å². The Morgan fingerprint density at radius 2 is 1.69 bits per heavy atom. The Kier molecular flexibility index (Phi) is 6.13. The van der Waals surface area contributed by atoms with Gasteiger partial charge in [0.1, 0.15) is 12.1 Å². The van der Waals surface area contributed by atoms with Crippen LogP contribution in [0.4, 0.5) is 4.79 Å². The fourth-order valence-corrected chi connectivity index (χ4v) is 3.46. The summed E-state index contributed by atoms with van der Waals surface area (Å²) in [4.78, 5) is 36.5. The van der Waals surface area contributed by atoms with Crippen molar-refractivity contribution in [2.24, 2.45) is 5.73 Å². The molecular weight excluding hydrogens is 374 g/mol. The summed E-state index contributed by atoms with van der Waals surface area (Å²) < 4.78 is 0. The van der Waals surface area contributed by atoms with Gasteiger partial charge in [-0.15, -0.1) is 0 Å². The molecule has 0 bridgehead atoms. The number of carboxylic acid groups (broad SMARTS) is 1. The third kappa shape index (κ3) is 4.91. The molecule has 1 saturated heterocycles. The van der Waals surface area contributed by atoms with Crippen molar-refractivity contribution < 1.29 is 24.6 Å². The molecule has 2 aromatic rings. The second kappa shape index (κ2) is 8.74. The van der Waals surface area contributed by atoms with Gasteiger partial charge in [0.05, 0.1) is 12.6 Å². The van der Waals surface area contributed by atoms with Crippen LogP contribution in [0, 0.1) is 0 Å². The van der Waals surface area contributed by atoms with Gasteiger partial charge < -0.3 is 21.3 Å². The van der Waals surface area contributed by atoms with Crippen LogP contribution in [0.2, 0.25) is 0 Å². The van der Waals surface area contributed by atoms with Crippen molar-refractivity contribution in [1.82, 2.24) is 10.2 Å².